The van der Waals surface area contributed by atoms with Gasteiger partial charge in [0.05, 0.1) is 18.3 Å². The zero-order valence-electron chi connectivity index (χ0n) is 18.5. The molecule has 1 unspecified atom stereocenters. The van der Waals surface area contributed by atoms with Crippen molar-refractivity contribution < 1.29 is 27.6 Å². The number of carbonyl (C=O) groups excluding carboxylic acids is 2. The molecule has 5 rings (SSSR count). The number of H-pyrrole nitrogens is 1. The van der Waals surface area contributed by atoms with Crippen LogP contribution in [0.25, 0.3) is 21.8 Å². The molecule has 35 heavy (non-hydrogen) atoms. The summed E-state index contributed by atoms with van der Waals surface area (Å²) in [6.07, 6.45) is -1.00. The molecule has 1 fully saturated rings. The largest absolute Gasteiger partial charge is 0.493 e. The number of rotatable bonds is 6. The Labute approximate surface area is 197 Å². The van der Waals surface area contributed by atoms with Gasteiger partial charge in [-0.05, 0) is 25.1 Å². The normalized spacial score (nSPS) is 16.6. The lowest BCUT2D eigenvalue weighted by Crippen LogP contribution is -2.38. The number of nitrogens with one attached hydrogen (secondary N) is 1. The SMILES string of the molecule is NCCCn1cc(C2CN(OC(=O)C(F)(F)F)C(=O)N2c2c[nH]c3ccccc23)c2ccccc21. The van der Waals surface area contributed by atoms with E-state index >= 15 is 0 Å². The number of hydroxylamine groups is 2. The summed E-state index contributed by atoms with van der Waals surface area (Å²) in [6.45, 7) is 0.856. The summed E-state index contributed by atoms with van der Waals surface area (Å²) in [7, 11) is 0. The molecule has 0 saturated carbocycles. The number of fused-ring (bicyclic) bond motifs is 2. The molecule has 182 valence electrons. The van der Waals surface area contributed by atoms with Crippen molar-refractivity contribution in [2.45, 2.75) is 25.2 Å². The topological polar surface area (TPSA) is 96.6 Å². The van der Waals surface area contributed by atoms with Gasteiger partial charge in [0.2, 0.25) is 0 Å². The van der Waals surface area contributed by atoms with E-state index in [2.05, 4.69) is 9.82 Å². The second kappa shape index (κ2) is 8.66. The first-order chi connectivity index (χ1) is 16.8. The molecule has 2 aromatic carbocycles. The molecular weight excluding hydrogens is 463 g/mol. The van der Waals surface area contributed by atoms with Crippen molar-refractivity contribution in [3.05, 3.63) is 66.5 Å². The molecule has 1 aliphatic heterocycles. The van der Waals surface area contributed by atoms with Gasteiger partial charge in [0.15, 0.2) is 0 Å². The lowest BCUT2D eigenvalue weighted by atomic mass is 10.0. The fourth-order valence-electron chi connectivity index (χ4n) is 4.55. The van der Waals surface area contributed by atoms with Crippen molar-refractivity contribution in [2.24, 2.45) is 5.73 Å². The van der Waals surface area contributed by atoms with E-state index in [4.69, 9.17) is 5.73 Å². The minimum Gasteiger partial charge on any atom is -0.359 e. The molecule has 1 aliphatic rings. The van der Waals surface area contributed by atoms with E-state index in [9.17, 15) is 22.8 Å². The van der Waals surface area contributed by atoms with E-state index in [1.807, 2.05) is 47.2 Å². The average Bonchev–Trinajstić information content (AvgIpc) is 3.51. The number of nitrogens with zero attached hydrogens (tertiary/aromatic N) is 3. The molecule has 8 nitrogen and oxygen atoms in total. The number of para-hydroxylation sites is 2. The van der Waals surface area contributed by atoms with Crippen LogP contribution in [0.5, 0.6) is 0 Å². The summed E-state index contributed by atoms with van der Waals surface area (Å²) in [5, 5.41) is 2.03. The molecule has 0 bridgehead atoms. The number of alkyl halides is 3. The minimum atomic E-state index is -5.23. The van der Waals surface area contributed by atoms with E-state index in [0.717, 1.165) is 28.4 Å². The molecular formula is C24H22F3N5O3. The first kappa shape index (κ1) is 22.8. The van der Waals surface area contributed by atoms with Crippen LogP contribution in [0, 0.1) is 0 Å². The third kappa shape index (κ3) is 3.97. The van der Waals surface area contributed by atoms with Crippen LogP contribution in [0.3, 0.4) is 0 Å². The van der Waals surface area contributed by atoms with Crippen LogP contribution in [0.1, 0.15) is 18.0 Å². The summed E-state index contributed by atoms with van der Waals surface area (Å²) in [5.74, 6) is -2.45. The first-order valence-corrected chi connectivity index (χ1v) is 11.0. The van der Waals surface area contributed by atoms with Gasteiger partial charge >= 0.3 is 18.2 Å². The lowest BCUT2D eigenvalue weighted by Gasteiger charge is -2.22. The van der Waals surface area contributed by atoms with Gasteiger partial charge in [-0.1, -0.05) is 36.4 Å². The van der Waals surface area contributed by atoms with Gasteiger partial charge in [-0.3, -0.25) is 4.90 Å². The molecule has 1 saturated heterocycles. The molecule has 0 radical (unpaired) electrons. The van der Waals surface area contributed by atoms with Crippen molar-refractivity contribution in [2.75, 3.05) is 18.0 Å². The van der Waals surface area contributed by atoms with Crippen molar-refractivity contribution in [1.29, 1.82) is 0 Å². The highest BCUT2D eigenvalue weighted by atomic mass is 19.4. The van der Waals surface area contributed by atoms with Gasteiger partial charge in [-0.2, -0.15) is 18.2 Å². The highest BCUT2D eigenvalue weighted by Crippen LogP contribution is 2.41. The standard InChI is InChI=1S/C24H22F3N5O3/c25-24(26,27)22(33)35-31-14-21(17-13-30(11-5-10-28)19-9-4-2-6-15(17)19)32(23(31)34)20-12-29-18-8-3-1-7-16(18)20/h1-4,6-9,12-13,21,29H,5,10-11,14,28H2. The molecule has 3 heterocycles. The molecule has 4 aromatic rings. The highest BCUT2D eigenvalue weighted by Gasteiger charge is 2.48. The van der Waals surface area contributed by atoms with Gasteiger partial charge in [-0.25, -0.2) is 9.59 Å². The average molecular weight is 485 g/mol. The van der Waals surface area contributed by atoms with Gasteiger partial charge in [-0.15, -0.1) is 0 Å². The van der Waals surface area contributed by atoms with Crippen molar-refractivity contribution in [3.63, 3.8) is 0 Å². The zero-order valence-corrected chi connectivity index (χ0v) is 18.5. The van der Waals surface area contributed by atoms with Gasteiger partial charge in [0.25, 0.3) is 0 Å². The summed E-state index contributed by atoms with van der Waals surface area (Å²) in [5.41, 5.74) is 8.55. The number of halogens is 3. The molecule has 1 atom stereocenters. The quantitative estimate of drug-likeness (QED) is 0.421. The van der Waals surface area contributed by atoms with Crippen molar-refractivity contribution in [3.8, 4) is 0 Å². The number of hydrogen-bond donors (Lipinski definition) is 2. The first-order valence-electron chi connectivity index (χ1n) is 11.0. The third-order valence-corrected chi connectivity index (χ3v) is 6.10. The fraction of sp³-hybridized carbons (Fsp3) is 0.250. The number of aryl methyl sites for hydroxylation is 1. The van der Waals surface area contributed by atoms with Gasteiger partial charge in [0.1, 0.15) is 0 Å². The monoisotopic (exact) mass is 485 g/mol. The van der Waals surface area contributed by atoms with Crippen molar-refractivity contribution in [1.82, 2.24) is 14.6 Å². The number of aromatic amines is 1. The van der Waals surface area contributed by atoms with Gasteiger partial charge in [0, 0.05) is 46.3 Å². The Bertz CT molecular complexity index is 1410. The Kier molecular flexibility index (Phi) is 5.64. The number of amides is 2. The molecule has 2 aromatic heterocycles. The van der Waals surface area contributed by atoms with Crippen LogP contribution in [-0.2, 0) is 16.2 Å². The molecule has 2 amide bonds. The number of urea groups is 1. The Morgan fingerprint density at radius 2 is 1.83 bits per heavy atom. The van der Waals surface area contributed by atoms with E-state index in [-0.39, 0.29) is 6.54 Å². The number of nitrogens with two attached hydrogens (primary N) is 1. The number of anilines is 1. The van der Waals surface area contributed by atoms with Crippen LogP contribution in [0.4, 0.5) is 23.7 Å². The third-order valence-electron chi connectivity index (χ3n) is 6.10. The maximum atomic E-state index is 13.4. The second-order valence-electron chi connectivity index (χ2n) is 8.26. The summed E-state index contributed by atoms with van der Waals surface area (Å²) in [4.78, 5) is 33.9. The fourth-order valence-corrected chi connectivity index (χ4v) is 4.55. The maximum absolute atomic E-state index is 13.4. The van der Waals surface area contributed by atoms with Crippen LogP contribution < -0.4 is 10.6 Å². The zero-order chi connectivity index (χ0) is 24.7. The predicted octanol–water partition coefficient (Wildman–Crippen LogP) is 4.48. The maximum Gasteiger partial charge on any atom is 0.493 e. The van der Waals surface area contributed by atoms with Crippen LogP contribution in [0.2, 0.25) is 0 Å². The smallest absolute Gasteiger partial charge is 0.359 e. The van der Waals surface area contributed by atoms with Crippen LogP contribution in [0.15, 0.2) is 60.9 Å². The van der Waals surface area contributed by atoms with E-state index in [1.165, 1.54) is 4.90 Å². The van der Waals surface area contributed by atoms with E-state index in [0.29, 0.717) is 29.2 Å². The number of aromatic nitrogens is 2. The van der Waals surface area contributed by atoms with Crippen LogP contribution >= 0.6 is 0 Å². The van der Waals surface area contributed by atoms with Crippen molar-refractivity contribution >= 4 is 39.5 Å². The Morgan fingerprint density at radius 3 is 2.57 bits per heavy atom. The number of benzene rings is 2. The highest BCUT2D eigenvalue weighted by molar-refractivity contribution is 6.05. The number of carbonyl (C=O) groups is 2. The minimum absolute atomic E-state index is 0.273. The lowest BCUT2D eigenvalue weighted by molar-refractivity contribution is -0.226. The summed E-state index contributed by atoms with van der Waals surface area (Å²) in [6, 6.07) is 13.3. The van der Waals surface area contributed by atoms with Crippen LogP contribution in [-0.4, -0.2) is 45.9 Å². The summed E-state index contributed by atoms with van der Waals surface area (Å²) >= 11 is 0. The Morgan fingerprint density at radius 1 is 1.11 bits per heavy atom. The molecule has 11 heteroatoms. The molecule has 3 N–H and O–H groups in total. The second-order valence-corrected chi connectivity index (χ2v) is 8.26. The van der Waals surface area contributed by atoms with Gasteiger partial charge < -0.3 is 20.1 Å². The van der Waals surface area contributed by atoms with E-state index in [1.54, 1.807) is 18.3 Å². The molecule has 0 aliphatic carbocycles. The van der Waals surface area contributed by atoms with E-state index < -0.39 is 24.2 Å². The Balaban J connectivity index is 1.62. The summed E-state index contributed by atoms with van der Waals surface area (Å²) < 4.78 is 40.8. The predicted molar refractivity (Wildman–Crippen MR) is 123 cm³/mol. The number of hydrogen-bond acceptors (Lipinski definition) is 4. The Hall–Kier alpha value is -3.99. The molecule has 0 spiro atoms.